The SMILES string of the molecule is Cc1c(NC(=O)c2ccc(Cn3nc(C(F)F)cc3C(F)F)o2)cnn1C. The van der Waals surface area contributed by atoms with E-state index >= 15 is 0 Å². The number of nitrogens with zero attached hydrogens (tertiary/aromatic N) is 4. The van der Waals surface area contributed by atoms with Crippen molar-refractivity contribution in [2.24, 2.45) is 7.05 Å². The number of hydrogen-bond donors (Lipinski definition) is 1. The minimum Gasteiger partial charge on any atom is -0.454 e. The number of nitrogens with one attached hydrogen (secondary N) is 1. The van der Waals surface area contributed by atoms with Gasteiger partial charge in [0.1, 0.15) is 17.1 Å². The van der Waals surface area contributed by atoms with Gasteiger partial charge in [0.25, 0.3) is 18.8 Å². The minimum absolute atomic E-state index is 0.0620. The molecule has 1 amide bonds. The molecule has 1 N–H and O–H groups in total. The van der Waals surface area contributed by atoms with E-state index in [0.717, 1.165) is 10.4 Å². The summed E-state index contributed by atoms with van der Waals surface area (Å²) < 4.78 is 59.1. The number of carbonyl (C=O) groups is 1. The average Bonchev–Trinajstić information content (AvgIpc) is 3.31. The van der Waals surface area contributed by atoms with E-state index in [4.69, 9.17) is 4.42 Å². The third-order valence-corrected chi connectivity index (χ3v) is 3.95. The number of hydrogen-bond acceptors (Lipinski definition) is 4. The molecule has 0 aromatic carbocycles. The third kappa shape index (κ3) is 3.86. The van der Waals surface area contributed by atoms with Crippen molar-refractivity contribution in [1.29, 1.82) is 0 Å². The summed E-state index contributed by atoms with van der Waals surface area (Å²) >= 11 is 0. The maximum atomic E-state index is 13.0. The molecule has 0 fully saturated rings. The molecule has 3 aromatic heterocycles. The molecular formula is C16H15F4N5O2. The molecule has 0 spiro atoms. The molecule has 0 unspecified atom stereocenters. The molecule has 3 heterocycles. The Morgan fingerprint density at radius 3 is 2.59 bits per heavy atom. The van der Waals surface area contributed by atoms with Gasteiger partial charge in [0.05, 0.1) is 24.1 Å². The van der Waals surface area contributed by atoms with Gasteiger partial charge in [0.15, 0.2) is 5.76 Å². The van der Waals surface area contributed by atoms with Crippen LogP contribution in [0.4, 0.5) is 23.2 Å². The van der Waals surface area contributed by atoms with Gasteiger partial charge >= 0.3 is 0 Å². The molecule has 3 rings (SSSR count). The van der Waals surface area contributed by atoms with E-state index in [1.165, 1.54) is 18.3 Å². The van der Waals surface area contributed by atoms with Crippen LogP contribution in [0, 0.1) is 6.92 Å². The first-order valence-corrected chi connectivity index (χ1v) is 7.79. The Morgan fingerprint density at radius 1 is 1.26 bits per heavy atom. The molecule has 144 valence electrons. The van der Waals surface area contributed by atoms with Gasteiger partial charge in [-0.25, -0.2) is 17.6 Å². The summed E-state index contributed by atoms with van der Waals surface area (Å²) in [6.07, 6.45) is -4.47. The topological polar surface area (TPSA) is 77.9 Å². The van der Waals surface area contributed by atoms with Crippen LogP contribution in [-0.4, -0.2) is 25.5 Å². The highest BCUT2D eigenvalue weighted by molar-refractivity contribution is 6.02. The largest absolute Gasteiger partial charge is 0.454 e. The Hall–Kier alpha value is -3.11. The molecule has 0 aliphatic rings. The Bertz CT molecular complexity index is 960. The summed E-state index contributed by atoms with van der Waals surface area (Å²) in [5, 5.41) is 10.1. The zero-order valence-corrected chi connectivity index (χ0v) is 14.3. The highest BCUT2D eigenvalue weighted by Gasteiger charge is 2.22. The maximum absolute atomic E-state index is 13.0. The van der Waals surface area contributed by atoms with Crippen molar-refractivity contribution < 1.29 is 26.8 Å². The molecule has 3 aromatic rings. The fraction of sp³-hybridized carbons (Fsp3) is 0.312. The first-order valence-electron chi connectivity index (χ1n) is 7.79. The van der Waals surface area contributed by atoms with Crippen molar-refractivity contribution in [2.75, 3.05) is 5.32 Å². The van der Waals surface area contributed by atoms with Gasteiger partial charge in [0.2, 0.25) is 0 Å². The van der Waals surface area contributed by atoms with Crippen LogP contribution in [0.1, 0.15) is 46.2 Å². The highest BCUT2D eigenvalue weighted by atomic mass is 19.3. The second kappa shape index (κ2) is 7.25. The van der Waals surface area contributed by atoms with Crippen LogP contribution in [0.25, 0.3) is 0 Å². The Morgan fingerprint density at radius 2 is 2.00 bits per heavy atom. The highest BCUT2D eigenvalue weighted by Crippen LogP contribution is 2.26. The van der Waals surface area contributed by atoms with Crippen molar-refractivity contribution in [2.45, 2.75) is 26.3 Å². The number of amides is 1. The number of aryl methyl sites for hydroxylation is 1. The zero-order valence-electron chi connectivity index (χ0n) is 14.3. The predicted octanol–water partition coefficient (Wildman–Crippen LogP) is 3.69. The summed E-state index contributed by atoms with van der Waals surface area (Å²) in [5.74, 6) is -0.498. The smallest absolute Gasteiger partial charge is 0.291 e. The number of furan rings is 1. The lowest BCUT2D eigenvalue weighted by Gasteiger charge is -2.05. The molecule has 11 heteroatoms. The number of anilines is 1. The summed E-state index contributed by atoms with van der Waals surface area (Å²) in [4.78, 5) is 12.2. The molecule has 0 aliphatic carbocycles. The maximum Gasteiger partial charge on any atom is 0.291 e. The standard InChI is InChI=1S/C16H15F4N5O2/c1-8-11(6-21-24(8)2)22-16(26)13-4-3-9(27-13)7-25-12(15(19)20)5-10(23-25)14(17)18/h3-6,14-15H,7H2,1-2H3,(H,22,26). The summed E-state index contributed by atoms with van der Waals surface area (Å²) in [5.41, 5.74) is -0.178. The first kappa shape index (κ1) is 18.7. The fourth-order valence-corrected chi connectivity index (χ4v) is 2.40. The molecule has 27 heavy (non-hydrogen) atoms. The lowest BCUT2D eigenvalue weighted by Crippen LogP contribution is -2.11. The monoisotopic (exact) mass is 385 g/mol. The van der Waals surface area contributed by atoms with Gasteiger partial charge in [-0.3, -0.25) is 14.2 Å². The lowest BCUT2D eigenvalue weighted by atomic mass is 10.3. The van der Waals surface area contributed by atoms with E-state index in [0.29, 0.717) is 11.8 Å². The van der Waals surface area contributed by atoms with Crippen molar-refractivity contribution in [3.05, 3.63) is 53.0 Å². The molecule has 7 nitrogen and oxygen atoms in total. The number of alkyl halides is 4. The van der Waals surface area contributed by atoms with Crippen LogP contribution >= 0.6 is 0 Å². The van der Waals surface area contributed by atoms with E-state index in [1.54, 1.807) is 18.7 Å². The normalized spacial score (nSPS) is 11.6. The molecule has 0 saturated carbocycles. The Kier molecular flexibility index (Phi) is 5.02. The van der Waals surface area contributed by atoms with Crippen LogP contribution in [0.2, 0.25) is 0 Å². The van der Waals surface area contributed by atoms with E-state index in [9.17, 15) is 22.4 Å². The molecule has 0 saturated heterocycles. The molecule has 0 radical (unpaired) electrons. The van der Waals surface area contributed by atoms with Gasteiger partial charge in [-0.15, -0.1) is 0 Å². The third-order valence-electron chi connectivity index (χ3n) is 3.95. The number of carbonyl (C=O) groups excluding carboxylic acids is 1. The van der Waals surface area contributed by atoms with Gasteiger partial charge in [-0.1, -0.05) is 0 Å². The number of halogens is 4. The van der Waals surface area contributed by atoms with E-state index in [1.807, 2.05) is 0 Å². The molecule has 0 bridgehead atoms. The number of rotatable bonds is 6. The summed E-state index contributed by atoms with van der Waals surface area (Å²) in [6, 6.07) is 3.40. The molecule has 0 atom stereocenters. The van der Waals surface area contributed by atoms with Crippen LogP contribution < -0.4 is 5.32 Å². The van der Waals surface area contributed by atoms with Crippen molar-refractivity contribution >= 4 is 11.6 Å². The first-order chi connectivity index (χ1) is 12.8. The number of aromatic nitrogens is 4. The Balaban J connectivity index is 1.76. The van der Waals surface area contributed by atoms with Gasteiger partial charge in [0, 0.05) is 7.05 Å². The van der Waals surface area contributed by atoms with Crippen molar-refractivity contribution in [3.63, 3.8) is 0 Å². The van der Waals surface area contributed by atoms with E-state index < -0.39 is 30.1 Å². The van der Waals surface area contributed by atoms with Crippen LogP contribution in [0.5, 0.6) is 0 Å². The van der Waals surface area contributed by atoms with Crippen molar-refractivity contribution in [3.8, 4) is 0 Å². The predicted molar refractivity (Wildman–Crippen MR) is 85.8 cm³/mol. The van der Waals surface area contributed by atoms with Crippen LogP contribution in [0.3, 0.4) is 0 Å². The summed E-state index contributed by atoms with van der Waals surface area (Å²) in [7, 11) is 1.72. The average molecular weight is 385 g/mol. The second-order valence-electron chi connectivity index (χ2n) is 5.74. The Labute approximate surface area is 150 Å². The molecular weight excluding hydrogens is 370 g/mol. The minimum atomic E-state index is -2.98. The van der Waals surface area contributed by atoms with Crippen molar-refractivity contribution in [1.82, 2.24) is 19.6 Å². The van der Waals surface area contributed by atoms with Crippen LogP contribution in [0.15, 0.2) is 28.8 Å². The van der Waals surface area contributed by atoms with Gasteiger partial charge in [-0.05, 0) is 25.1 Å². The lowest BCUT2D eigenvalue weighted by molar-refractivity contribution is 0.0994. The quantitative estimate of drug-likeness (QED) is 0.657. The van der Waals surface area contributed by atoms with E-state index in [2.05, 4.69) is 15.5 Å². The second-order valence-corrected chi connectivity index (χ2v) is 5.74. The van der Waals surface area contributed by atoms with E-state index in [-0.39, 0.29) is 18.1 Å². The van der Waals surface area contributed by atoms with Crippen LogP contribution in [-0.2, 0) is 13.6 Å². The van der Waals surface area contributed by atoms with Gasteiger partial charge in [-0.2, -0.15) is 10.2 Å². The fourth-order valence-electron chi connectivity index (χ4n) is 2.40. The molecule has 0 aliphatic heterocycles. The zero-order chi connectivity index (χ0) is 19.7. The van der Waals surface area contributed by atoms with Gasteiger partial charge < -0.3 is 9.73 Å². The summed E-state index contributed by atoms with van der Waals surface area (Å²) in [6.45, 7) is 1.45.